The van der Waals surface area contributed by atoms with Crippen molar-refractivity contribution in [1.82, 2.24) is 0 Å². The van der Waals surface area contributed by atoms with Crippen LogP contribution in [0.15, 0.2) is 0 Å². The molecule has 0 aromatic heterocycles. The zero-order valence-corrected chi connectivity index (χ0v) is 9.88. The summed E-state index contributed by atoms with van der Waals surface area (Å²) in [6.45, 7) is 0. The highest BCUT2D eigenvalue weighted by Crippen LogP contribution is 2.43. The predicted molar refractivity (Wildman–Crippen MR) is 65.0 cm³/mol. The first-order valence-corrected chi connectivity index (χ1v) is 6.23. The summed E-state index contributed by atoms with van der Waals surface area (Å²) in [7, 11) is 2.04. The Labute approximate surface area is 95.8 Å². The fourth-order valence-electron chi connectivity index (χ4n) is 3.19. The Morgan fingerprint density at radius 2 is 1.33 bits per heavy atom. The average Bonchev–Trinajstić information content (AvgIpc) is 2.85. The normalized spacial score (nSPS) is 17.7. The molecule has 2 aliphatic rings. The minimum Gasteiger partial charge on any atom is -0.388 e. The lowest BCUT2D eigenvalue weighted by molar-refractivity contribution is 0.898. The number of benzene rings is 1. The molecule has 3 rings (SSSR count). The molecule has 2 aliphatic carbocycles. The molecule has 0 spiro atoms. The molecule has 0 bridgehead atoms. The Bertz CT molecular complexity index is 388. The maximum atomic E-state index is 6.50. The number of nitrogens with one attached hydrogen (secondary N) is 1. The van der Waals surface area contributed by atoms with E-state index in [2.05, 4.69) is 5.32 Å². The third kappa shape index (κ3) is 1.22. The van der Waals surface area contributed by atoms with Crippen molar-refractivity contribution in [1.29, 1.82) is 0 Å². The van der Waals surface area contributed by atoms with Gasteiger partial charge in [0.05, 0.1) is 0 Å². The van der Waals surface area contributed by atoms with Crippen molar-refractivity contribution < 1.29 is 0 Å². The molecule has 0 amide bonds. The van der Waals surface area contributed by atoms with Crippen LogP contribution >= 0.6 is 11.6 Å². The molecular weight excluding hydrogens is 206 g/mol. The number of anilines is 1. The van der Waals surface area contributed by atoms with E-state index in [1.54, 1.807) is 0 Å². The van der Waals surface area contributed by atoms with Crippen molar-refractivity contribution in [2.24, 2.45) is 0 Å². The molecule has 1 aromatic carbocycles. The van der Waals surface area contributed by atoms with E-state index in [1.807, 2.05) is 7.05 Å². The van der Waals surface area contributed by atoms with Crippen molar-refractivity contribution in [2.75, 3.05) is 12.4 Å². The molecular formula is C13H16ClN. The van der Waals surface area contributed by atoms with Crippen LogP contribution in [0.25, 0.3) is 0 Å². The Hall–Kier alpha value is -0.690. The van der Waals surface area contributed by atoms with Crippen LogP contribution in [0.1, 0.15) is 35.1 Å². The maximum Gasteiger partial charge on any atom is 0.0477 e. The largest absolute Gasteiger partial charge is 0.388 e. The summed E-state index contributed by atoms with van der Waals surface area (Å²) >= 11 is 6.50. The van der Waals surface area contributed by atoms with Crippen molar-refractivity contribution in [3.05, 3.63) is 27.3 Å². The highest BCUT2D eigenvalue weighted by Gasteiger charge is 2.27. The second kappa shape index (κ2) is 3.41. The highest BCUT2D eigenvalue weighted by atomic mass is 35.5. The summed E-state index contributed by atoms with van der Waals surface area (Å²) in [5.41, 5.74) is 7.27. The standard InChI is InChI=1S/C13H16ClN/c1-15-13-10-6-2-4-8(10)12(14)9-5-3-7-11(9)13/h15H,2-7H2,1H3. The van der Waals surface area contributed by atoms with Gasteiger partial charge in [0.25, 0.3) is 0 Å². The van der Waals surface area contributed by atoms with E-state index in [1.165, 1.54) is 66.5 Å². The van der Waals surface area contributed by atoms with Gasteiger partial charge in [0.1, 0.15) is 0 Å². The molecule has 0 saturated heterocycles. The van der Waals surface area contributed by atoms with E-state index >= 15 is 0 Å². The minimum atomic E-state index is 1.09. The van der Waals surface area contributed by atoms with Crippen LogP contribution < -0.4 is 5.32 Å². The lowest BCUT2D eigenvalue weighted by Crippen LogP contribution is -2.02. The van der Waals surface area contributed by atoms with Crippen LogP contribution in [0.3, 0.4) is 0 Å². The molecule has 0 aliphatic heterocycles. The smallest absolute Gasteiger partial charge is 0.0477 e. The molecule has 2 heteroatoms. The van der Waals surface area contributed by atoms with Crippen molar-refractivity contribution in [2.45, 2.75) is 38.5 Å². The molecule has 0 radical (unpaired) electrons. The summed E-state index contributed by atoms with van der Waals surface area (Å²) in [4.78, 5) is 0. The SMILES string of the molecule is CNc1c2c(c(Cl)c3c1CCC3)CCC2. The third-order valence-corrected chi connectivity index (χ3v) is 4.28. The van der Waals surface area contributed by atoms with Gasteiger partial charge in [-0.3, -0.25) is 0 Å². The van der Waals surface area contributed by atoms with Gasteiger partial charge in [-0.1, -0.05) is 11.6 Å². The van der Waals surface area contributed by atoms with Gasteiger partial charge in [0.15, 0.2) is 0 Å². The van der Waals surface area contributed by atoms with Gasteiger partial charge in [0.2, 0.25) is 0 Å². The average molecular weight is 222 g/mol. The lowest BCUT2D eigenvalue weighted by Gasteiger charge is -2.16. The van der Waals surface area contributed by atoms with Gasteiger partial charge in [-0.05, 0) is 60.8 Å². The van der Waals surface area contributed by atoms with Gasteiger partial charge in [0, 0.05) is 17.8 Å². The van der Waals surface area contributed by atoms with E-state index in [-0.39, 0.29) is 0 Å². The molecule has 1 aromatic rings. The van der Waals surface area contributed by atoms with Crippen LogP contribution in [0.5, 0.6) is 0 Å². The van der Waals surface area contributed by atoms with Gasteiger partial charge in [-0.15, -0.1) is 0 Å². The fraction of sp³-hybridized carbons (Fsp3) is 0.538. The summed E-state index contributed by atoms with van der Waals surface area (Å²) in [6, 6.07) is 0. The quantitative estimate of drug-likeness (QED) is 0.767. The van der Waals surface area contributed by atoms with Crippen LogP contribution in [0, 0.1) is 0 Å². The molecule has 80 valence electrons. The second-order valence-corrected chi connectivity index (χ2v) is 4.94. The van der Waals surface area contributed by atoms with Gasteiger partial charge >= 0.3 is 0 Å². The van der Waals surface area contributed by atoms with Crippen LogP contribution in [0.2, 0.25) is 5.02 Å². The number of halogens is 1. The number of hydrogen-bond donors (Lipinski definition) is 1. The second-order valence-electron chi connectivity index (χ2n) is 4.56. The highest BCUT2D eigenvalue weighted by molar-refractivity contribution is 6.32. The lowest BCUT2D eigenvalue weighted by atomic mass is 9.98. The van der Waals surface area contributed by atoms with E-state index < -0.39 is 0 Å². The first-order chi connectivity index (χ1) is 7.33. The van der Waals surface area contributed by atoms with E-state index in [4.69, 9.17) is 11.6 Å². The number of hydrogen-bond acceptors (Lipinski definition) is 1. The topological polar surface area (TPSA) is 12.0 Å². The van der Waals surface area contributed by atoms with E-state index in [0.717, 1.165) is 5.02 Å². The number of fused-ring (bicyclic) bond motifs is 2. The fourth-order valence-corrected chi connectivity index (χ4v) is 3.61. The molecule has 1 nitrogen and oxygen atoms in total. The number of rotatable bonds is 1. The van der Waals surface area contributed by atoms with E-state index in [0.29, 0.717) is 0 Å². The predicted octanol–water partition coefficient (Wildman–Crippen LogP) is 3.36. The first-order valence-electron chi connectivity index (χ1n) is 5.85. The molecule has 0 saturated carbocycles. The molecule has 0 heterocycles. The Kier molecular flexibility index (Phi) is 2.17. The van der Waals surface area contributed by atoms with Gasteiger partial charge in [-0.25, -0.2) is 0 Å². The Morgan fingerprint density at radius 1 is 0.867 bits per heavy atom. The van der Waals surface area contributed by atoms with Crippen LogP contribution in [0.4, 0.5) is 5.69 Å². The van der Waals surface area contributed by atoms with Crippen molar-refractivity contribution in [3.63, 3.8) is 0 Å². The van der Waals surface area contributed by atoms with Gasteiger partial charge < -0.3 is 5.32 Å². The zero-order chi connectivity index (χ0) is 10.4. The third-order valence-electron chi connectivity index (χ3n) is 3.82. The van der Waals surface area contributed by atoms with Crippen LogP contribution in [-0.2, 0) is 25.7 Å². The maximum absolute atomic E-state index is 6.50. The minimum absolute atomic E-state index is 1.09. The summed E-state index contributed by atoms with van der Waals surface area (Å²) < 4.78 is 0. The zero-order valence-electron chi connectivity index (χ0n) is 9.12. The molecule has 0 unspecified atom stereocenters. The molecule has 0 fully saturated rings. The molecule has 15 heavy (non-hydrogen) atoms. The van der Waals surface area contributed by atoms with Crippen molar-refractivity contribution >= 4 is 17.3 Å². The van der Waals surface area contributed by atoms with E-state index in [9.17, 15) is 0 Å². The first kappa shape index (κ1) is 9.53. The Morgan fingerprint density at radius 3 is 1.80 bits per heavy atom. The monoisotopic (exact) mass is 221 g/mol. The summed E-state index contributed by atoms with van der Waals surface area (Å²) in [5, 5.41) is 4.49. The van der Waals surface area contributed by atoms with Gasteiger partial charge in [-0.2, -0.15) is 0 Å². The Balaban J connectivity index is 2.31. The summed E-state index contributed by atoms with van der Waals surface area (Å²) in [5.74, 6) is 0. The van der Waals surface area contributed by atoms with Crippen molar-refractivity contribution in [3.8, 4) is 0 Å². The molecule has 0 atom stereocenters. The molecule has 1 N–H and O–H groups in total. The van der Waals surface area contributed by atoms with Crippen LogP contribution in [-0.4, -0.2) is 7.05 Å². The summed E-state index contributed by atoms with van der Waals surface area (Å²) in [6.07, 6.45) is 7.31.